The van der Waals surface area contributed by atoms with Crippen LogP contribution in [0.2, 0.25) is 0 Å². The van der Waals surface area contributed by atoms with Gasteiger partial charge in [-0.15, -0.1) is 12.4 Å². The number of rotatable bonds is 22. The summed E-state index contributed by atoms with van der Waals surface area (Å²) < 4.78 is 0. The predicted molar refractivity (Wildman–Crippen MR) is 125 cm³/mol. The van der Waals surface area contributed by atoms with E-state index < -0.39 is 0 Å². The fraction of sp³-hybridized carbons (Fsp3) is 1.00. The lowest BCUT2D eigenvalue weighted by Gasteiger charge is -2.04. The van der Waals surface area contributed by atoms with Crippen LogP contribution in [0.5, 0.6) is 0 Å². The topological polar surface area (TPSA) is 0 Å². The summed E-state index contributed by atoms with van der Waals surface area (Å²) in [5.74, 6) is 0. The van der Waals surface area contributed by atoms with E-state index in [0.717, 1.165) is 0 Å². The van der Waals surface area contributed by atoms with Gasteiger partial charge in [0.1, 0.15) is 0 Å². The molecule has 0 aromatic rings. The molecule has 0 aliphatic rings. The molecule has 0 amide bonds. The molecule has 0 spiro atoms. The molecule has 0 aliphatic heterocycles. The molecule has 160 valence electrons. The van der Waals surface area contributed by atoms with Gasteiger partial charge in [-0.1, -0.05) is 162 Å². The maximum Gasteiger partial charge on any atom is -0.0533 e. The summed E-state index contributed by atoms with van der Waals surface area (Å²) in [6.07, 6.45) is 33.9. The Hall–Kier alpha value is 0.290. The van der Waals surface area contributed by atoms with E-state index >= 15 is 0 Å². The highest BCUT2D eigenvalue weighted by atomic mass is 35.5. The Kier molecular flexibility index (Phi) is 30.2. The van der Waals surface area contributed by atoms with Crippen molar-refractivity contribution < 1.29 is 0 Å². The normalized spacial score (nSPS) is 10.8. The molecular formula is C25H53Cl. The van der Waals surface area contributed by atoms with Crippen LogP contribution in [0, 0.1) is 0 Å². The molecule has 26 heavy (non-hydrogen) atoms. The Labute approximate surface area is 174 Å². The standard InChI is InChI=1S/C25H52.ClH/c1-3-5-7-9-11-13-15-17-19-21-23-25-24-22-20-18-16-14-12-10-8-6-4-2;/h3-25H2,1-2H3;1H. The largest absolute Gasteiger partial charge is 0.147 e. The van der Waals surface area contributed by atoms with Gasteiger partial charge < -0.3 is 0 Å². The summed E-state index contributed by atoms with van der Waals surface area (Å²) >= 11 is 0. The summed E-state index contributed by atoms with van der Waals surface area (Å²) in [5.41, 5.74) is 0. The van der Waals surface area contributed by atoms with Gasteiger partial charge in [0, 0.05) is 0 Å². The Bertz CT molecular complexity index is 192. The first-order valence-corrected chi connectivity index (χ1v) is 12.4. The number of hydrogen-bond donors (Lipinski definition) is 0. The van der Waals surface area contributed by atoms with Gasteiger partial charge in [-0.25, -0.2) is 0 Å². The van der Waals surface area contributed by atoms with Crippen LogP contribution >= 0.6 is 12.4 Å². The monoisotopic (exact) mass is 388 g/mol. The van der Waals surface area contributed by atoms with Crippen molar-refractivity contribution in [3.8, 4) is 0 Å². The van der Waals surface area contributed by atoms with Gasteiger partial charge in [0.2, 0.25) is 0 Å². The molecule has 0 aromatic heterocycles. The van der Waals surface area contributed by atoms with E-state index in [1.165, 1.54) is 148 Å². The summed E-state index contributed by atoms with van der Waals surface area (Å²) in [7, 11) is 0. The molecule has 0 unspecified atom stereocenters. The van der Waals surface area contributed by atoms with Crippen LogP contribution < -0.4 is 0 Å². The van der Waals surface area contributed by atoms with Crippen molar-refractivity contribution in [2.75, 3.05) is 0 Å². The van der Waals surface area contributed by atoms with E-state index in [4.69, 9.17) is 0 Å². The Morgan fingerprint density at radius 3 is 0.462 bits per heavy atom. The van der Waals surface area contributed by atoms with Gasteiger partial charge >= 0.3 is 0 Å². The molecule has 0 N–H and O–H groups in total. The zero-order valence-electron chi connectivity index (χ0n) is 18.7. The van der Waals surface area contributed by atoms with Crippen LogP contribution in [0.4, 0.5) is 0 Å². The van der Waals surface area contributed by atoms with Crippen LogP contribution in [0.25, 0.3) is 0 Å². The second-order valence-electron chi connectivity index (χ2n) is 8.42. The van der Waals surface area contributed by atoms with Crippen molar-refractivity contribution in [2.45, 2.75) is 162 Å². The van der Waals surface area contributed by atoms with Gasteiger partial charge in [-0.3, -0.25) is 0 Å². The fourth-order valence-electron chi connectivity index (χ4n) is 3.86. The van der Waals surface area contributed by atoms with E-state index in [0.29, 0.717) is 0 Å². The van der Waals surface area contributed by atoms with E-state index in [2.05, 4.69) is 13.8 Å². The quantitative estimate of drug-likeness (QED) is 0.162. The highest BCUT2D eigenvalue weighted by molar-refractivity contribution is 5.85. The van der Waals surface area contributed by atoms with Crippen molar-refractivity contribution in [1.82, 2.24) is 0 Å². The molecule has 0 saturated carbocycles. The summed E-state index contributed by atoms with van der Waals surface area (Å²) in [6.45, 7) is 4.60. The van der Waals surface area contributed by atoms with E-state index in [1.54, 1.807) is 0 Å². The molecule has 0 heterocycles. The first-order valence-electron chi connectivity index (χ1n) is 12.4. The molecule has 0 rings (SSSR count). The van der Waals surface area contributed by atoms with Gasteiger partial charge in [0.05, 0.1) is 0 Å². The van der Waals surface area contributed by atoms with Gasteiger partial charge in [0.25, 0.3) is 0 Å². The van der Waals surface area contributed by atoms with Gasteiger partial charge in [-0.05, 0) is 0 Å². The lowest BCUT2D eigenvalue weighted by molar-refractivity contribution is 0.519. The first kappa shape index (κ1) is 28.5. The van der Waals surface area contributed by atoms with Crippen molar-refractivity contribution >= 4 is 12.4 Å². The van der Waals surface area contributed by atoms with Crippen molar-refractivity contribution in [1.29, 1.82) is 0 Å². The minimum absolute atomic E-state index is 0. The smallest absolute Gasteiger partial charge is 0.0533 e. The average molecular weight is 389 g/mol. The second-order valence-corrected chi connectivity index (χ2v) is 8.42. The SMILES string of the molecule is CCCCCCCCCCCCCCCCCCCCCCCCC.Cl. The number of halogens is 1. The highest BCUT2D eigenvalue weighted by Crippen LogP contribution is 2.15. The Balaban J connectivity index is 0. The Morgan fingerprint density at radius 1 is 0.231 bits per heavy atom. The van der Waals surface area contributed by atoms with Gasteiger partial charge in [0.15, 0.2) is 0 Å². The fourth-order valence-corrected chi connectivity index (χ4v) is 3.86. The third kappa shape index (κ3) is 26.5. The number of hydrogen-bond acceptors (Lipinski definition) is 0. The molecule has 0 saturated heterocycles. The van der Waals surface area contributed by atoms with Crippen molar-refractivity contribution in [3.63, 3.8) is 0 Å². The van der Waals surface area contributed by atoms with Gasteiger partial charge in [-0.2, -0.15) is 0 Å². The molecular weight excluding hydrogens is 336 g/mol. The molecule has 0 bridgehead atoms. The van der Waals surface area contributed by atoms with E-state index in [-0.39, 0.29) is 12.4 Å². The highest BCUT2D eigenvalue weighted by Gasteiger charge is 1.95. The predicted octanol–water partition coefficient (Wildman–Crippen LogP) is 10.4. The average Bonchev–Trinajstić information content (AvgIpc) is 2.63. The molecule has 0 aromatic carbocycles. The van der Waals surface area contributed by atoms with Crippen molar-refractivity contribution in [2.24, 2.45) is 0 Å². The number of unbranched alkanes of at least 4 members (excludes halogenated alkanes) is 22. The first-order chi connectivity index (χ1) is 12.4. The maximum atomic E-state index is 2.30. The molecule has 0 atom stereocenters. The minimum Gasteiger partial charge on any atom is -0.147 e. The molecule has 0 radical (unpaired) electrons. The zero-order valence-corrected chi connectivity index (χ0v) is 19.5. The lowest BCUT2D eigenvalue weighted by Crippen LogP contribution is -1.84. The summed E-state index contributed by atoms with van der Waals surface area (Å²) in [4.78, 5) is 0. The molecule has 0 nitrogen and oxygen atoms in total. The van der Waals surface area contributed by atoms with Crippen LogP contribution in [-0.2, 0) is 0 Å². The second kappa shape index (κ2) is 27.5. The van der Waals surface area contributed by atoms with Crippen LogP contribution in [0.1, 0.15) is 162 Å². The maximum absolute atomic E-state index is 2.30. The van der Waals surface area contributed by atoms with Crippen LogP contribution in [0.15, 0.2) is 0 Å². The van der Waals surface area contributed by atoms with Crippen LogP contribution in [0.3, 0.4) is 0 Å². The minimum atomic E-state index is 0. The lowest BCUT2D eigenvalue weighted by atomic mass is 10.0. The van der Waals surface area contributed by atoms with Crippen molar-refractivity contribution in [3.05, 3.63) is 0 Å². The summed E-state index contributed by atoms with van der Waals surface area (Å²) in [6, 6.07) is 0. The van der Waals surface area contributed by atoms with E-state index in [9.17, 15) is 0 Å². The van der Waals surface area contributed by atoms with Crippen LogP contribution in [-0.4, -0.2) is 0 Å². The zero-order chi connectivity index (χ0) is 18.3. The third-order valence-electron chi connectivity index (χ3n) is 5.71. The molecule has 0 fully saturated rings. The molecule has 0 aliphatic carbocycles. The Morgan fingerprint density at radius 2 is 0.346 bits per heavy atom. The van der Waals surface area contributed by atoms with E-state index in [1.807, 2.05) is 0 Å². The summed E-state index contributed by atoms with van der Waals surface area (Å²) in [5, 5.41) is 0. The molecule has 1 heteroatoms. The third-order valence-corrected chi connectivity index (χ3v) is 5.71.